The monoisotopic (exact) mass is 252 g/mol. The van der Waals surface area contributed by atoms with Gasteiger partial charge in [-0.05, 0) is 31.5 Å². The first-order chi connectivity index (χ1) is 8.63. The first-order valence-corrected chi connectivity index (χ1v) is 6.15. The van der Waals surface area contributed by atoms with Crippen molar-refractivity contribution in [2.45, 2.75) is 25.7 Å². The number of phenolic OH excluding ortho intramolecular Hbond substituents is 2. The van der Waals surface area contributed by atoms with Gasteiger partial charge in [-0.15, -0.1) is 0 Å². The molecule has 0 heterocycles. The molecule has 5 N–H and O–H groups in total. The number of carbonyl (C=O) groups is 1. The highest BCUT2D eigenvalue weighted by molar-refractivity contribution is 5.94. The van der Waals surface area contributed by atoms with Crippen molar-refractivity contribution >= 4 is 5.91 Å². The summed E-state index contributed by atoms with van der Waals surface area (Å²) in [5, 5.41) is 21.3. The maximum Gasteiger partial charge on any atom is 0.251 e. The largest absolute Gasteiger partial charge is 0.508 e. The van der Waals surface area contributed by atoms with Gasteiger partial charge < -0.3 is 21.3 Å². The number of benzene rings is 1. The summed E-state index contributed by atoms with van der Waals surface area (Å²) in [5.74, 6) is -0.536. The number of carbonyl (C=O) groups excluding carboxylic acids is 1. The predicted molar refractivity (Wildman–Crippen MR) is 69.6 cm³/mol. The molecule has 5 nitrogen and oxygen atoms in total. The zero-order valence-corrected chi connectivity index (χ0v) is 10.4. The number of unbranched alkanes of at least 4 members (excludes halogenated alkanes) is 3. The Balaban J connectivity index is 2.32. The summed E-state index contributed by atoms with van der Waals surface area (Å²) < 4.78 is 0. The van der Waals surface area contributed by atoms with Gasteiger partial charge in [0.1, 0.15) is 11.5 Å². The molecule has 1 aromatic rings. The summed E-state index contributed by atoms with van der Waals surface area (Å²) in [6.07, 6.45) is 4.01. The maximum atomic E-state index is 11.7. The Kier molecular flexibility index (Phi) is 6.00. The Bertz CT molecular complexity index is 374. The molecule has 0 radical (unpaired) electrons. The van der Waals surface area contributed by atoms with Crippen LogP contribution in [0.2, 0.25) is 0 Å². The first-order valence-electron chi connectivity index (χ1n) is 6.15. The van der Waals surface area contributed by atoms with E-state index in [9.17, 15) is 15.0 Å². The minimum Gasteiger partial charge on any atom is -0.508 e. The maximum absolute atomic E-state index is 11.7. The summed E-state index contributed by atoms with van der Waals surface area (Å²) in [7, 11) is 0. The molecule has 0 fully saturated rings. The average Bonchev–Trinajstić information content (AvgIpc) is 2.32. The Hall–Kier alpha value is -1.75. The lowest BCUT2D eigenvalue weighted by Crippen LogP contribution is -2.24. The van der Waals surface area contributed by atoms with E-state index in [1.54, 1.807) is 0 Å². The number of hydrogen-bond acceptors (Lipinski definition) is 4. The highest BCUT2D eigenvalue weighted by Crippen LogP contribution is 2.20. The third kappa shape index (κ3) is 5.05. The summed E-state index contributed by atoms with van der Waals surface area (Å²) in [6, 6.07) is 3.83. The van der Waals surface area contributed by atoms with Gasteiger partial charge in [0.05, 0.1) is 0 Å². The SMILES string of the molecule is NCCCCCCNC(=O)c1cc(O)cc(O)c1. The highest BCUT2D eigenvalue weighted by atomic mass is 16.3. The molecule has 1 rings (SSSR count). The molecule has 0 bridgehead atoms. The molecule has 0 aromatic heterocycles. The second-order valence-corrected chi connectivity index (χ2v) is 4.20. The summed E-state index contributed by atoms with van der Waals surface area (Å²) in [5.41, 5.74) is 5.64. The molecule has 18 heavy (non-hydrogen) atoms. The molecule has 0 aliphatic rings. The minimum atomic E-state index is -0.292. The van der Waals surface area contributed by atoms with E-state index in [-0.39, 0.29) is 23.0 Å². The predicted octanol–water partition coefficient (Wildman–Crippen LogP) is 1.35. The Morgan fingerprint density at radius 3 is 2.28 bits per heavy atom. The van der Waals surface area contributed by atoms with Gasteiger partial charge in [0.25, 0.3) is 5.91 Å². The zero-order chi connectivity index (χ0) is 13.4. The van der Waals surface area contributed by atoms with Gasteiger partial charge in [0.15, 0.2) is 0 Å². The van der Waals surface area contributed by atoms with Crippen LogP contribution in [0, 0.1) is 0 Å². The normalized spacial score (nSPS) is 10.3. The molecule has 1 aromatic carbocycles. The lowest BCUT2D eigenvalue weighted by Gasteiger charge is -2.06. The third-order valence-electron chi connectivity index (χ3n) is 2.58. The van der Waals surface area contributed by atoms with E-state index in [1.807, 2.05) is 0 Å². The molecular weight excluding hydrogens is 232 g/mol. The Morgan fingerprint density at radius 1 is 1.06 bits per heavy atom. The summed E-state index contributed by atoms with van der Waals surface area (Å²) in [4.78, 5) is 11.7. The van der Waals surface area contributed by atoms with Crippen LogP contribution in [0.3, 0.4) is 0 Å². The average molecular weight is 252 g/mol. The molecule has 1 amide bonds. The molecule has 0 spiro atoms. The van der Waals surface area contributed by atoms with Crippen molar-refractivity contribution < 1.29 is 15.0 Å². The topological polar surface area (TPSA) is 95.6 Å². The second kappa shape index (κ2) is 7.55. The van der Waals surface area contributed by atoms with Crippen molar-refractivity contribution in [3.05, 3.63) is 23.8 Å². The van der Waals surface area contributed by atoms with Gasteiger partial charge in [-0.3, -0.25) is 4.79 Å². The summed E-state index contributed by atoms with van der Waals surface area (Å²) >= 11 is 0. The van der Waals surface area contributed by atoms with E-state index < -0.39 is 0 Å². The first kappa shape index (κ1) is 14.3. The van der Waals surface area contributed by atoms with Crippen molar-refractivity contribution in [2.75, 3.05) is 13.1 Å². The Labute approximate surface area is 107 Å². The molecule has 0 saturated carbocycles. The lowest BCUT2D eigenvalue weighted by molar-refractivity contribution is 0.0952. The number of nitrogens with two attached hydrogens (primary N) is 1. The van der Waals surface area contributed by atoms with Crippen LogP contribution in [0.25, 0.3) is 0 Å². The van der Waals surface area contributed by atoms with Crippen LogP contribution in [-0.2, 0) is 0 Å². The Morgan fingerprint density at radius 2 is 1.67 bits per heavy atom. The van der Waals surface area contributed by atoms with Crippen LogP contribution in [0.5, 0.6) is 11.5 Å². The zero-order valence-electron chi connectivity index (χ0n) is 10.4. The van der Waals surface area contributed by atoms with E-state index in [0.717, 1.165) is 25.7 Å². The molecule has 0 aliphatic carbocycles. The van der Waals surface area contributed by atoms with Crippen molar-refractivity contribution in [2.24, 2.45) is 5.73 Å². The standard InChI is InChI=1S/C13H20N2O3/c14-5-3-1-2-4-6-15-13(18)10-7-11(16)9-12(17)8-10/h7-9,16-17H,1-6,14H2,(H,15,18). The van der Waals surface area contributed by atoms with E-state index in [2.05, 4.69) is 5.32 Å². The van der Waals surface area contributed by atoms with Gasteiger partial charge in [0, 0.05) is 18.2 Å². The van der Waals surface area contributed by atoms with Crippen LogP contribution in [0.4, 0.5) is 0 Å². The number of rotatable bonds is 7. The van der Waals surface area contributed by atoms with Crippen LogP contribution in [0.1, 0.15) is 36.0 Å². The van der Waals surface area contributed by atoms with E-state index >= 15 is 0 Å². The van der Waals surface area contributed by atoms with E-state index in [1.165, 1.54) is 18.2 Å². The van der Waals surface area contributed by atoms with Crippen molar-refractivity contribution in [3.63, 3.8) is 0 Å². The van der Waals surface area contributed by atoms with Gasteiger partial charge >= 0.3 is 0 Å². The molecule has 100 valence electrons. The van der Waals surface area contributed by atoms with Crippen molar-refractivity contribution in [1.82, 2.24) is 5.32 Å². The molecule has 0 unspecified atom stereocenters. The van der Waals surface area contributed by atoms with Gasteiger partial charge in [-0.1, -0.05) is 12.8 Å². The fourth-order valence-corrected chi connectivity index (χ4v) is 1.65. The molecule has 0 atom stereocenters. The fourth-order valence-electron chi connectivity index (χ4n) is 1.65. The van der Waals surface area contributed by atoms with Crippen molar-refractivity contribution in [1.29, 1.82) is 0 Å². The van der Waals surface area contributed by atoms with E-state index in [4.69, 9.17) is 5.73 Å². The third-order valence-corrected chi connectivity index (χ3v) is 2.58. The van der Waals surface area contributed by atoms with Gasteiger partial charge in [0.2, 0.25) is 0 Å². The van der Waals surface area contributed by atoms with Crippen LogP contribution in [0.15, 0.2) is 18.2 Å². The van der Waals surface area contributed by atoms with Crippen molar-refractivity contribution in [3.8, 4) is 11.5 Å². The highest BCUT2D eigenvalue weighted by Gasteiger charge is 2.07. The fraction of sp³-hybridized carbons (Fsp3) is 0.462. The molecule has 5 heteroatoms. The second-order valence-electron chi connectivity index (χ2n) is 4.20. The lowest BCUT2D eigenvalue weighted by atomic mass is 10.1. The summed E-state index contributed by atoms with van der Waals surface area (Å²) in [6.45, 7) is 1.29. The number of nitrogens with one attached hydrogen (secondary N) is 1. The quantitative estimate of drug-likeness (QED) is 0.551. The van der Waals surface area contributed by atoms with Crippen LogP contribution < -0.4 is 11.1 Å². The van der Waals surface area contributed by atoms with Crippen LogP contribution >= 0.6 is 0 Å². The number of phenols is 2. The number of aromatic hydroxyl groups is 2. The van der Waals surface area contributed by atoms with Crippen LogP contribution in [-0.4, -0.2) is 29.2 Å². The van der Waals surface area contributed by atoms with E-state index in [0.29, 0.717) is 13.1 Å². The number of hydrogen-bond donors (Lipinski definition) is 4. The molecule has 0 saturated heterocycles. The smallest absolute Gasteiger partial charge is 0.251 e. The number of amides is 1. The van der Waals surface area contributed by atoms with Gasteiger partial charge in [-0.2, -0.15) is 0 Å². The molecule has 0 aliphatic heterocycles. The van der Waals surface area contributed by atoms with Gasteiger partial charge in [-0.25, -0.2) is 0 Å². The molecular formula is C13H20N2O3. The minimum absolute atomic E-state index is 0.122.